The predicted octanol–water partition coefficient (Wildman–Crippen LogP) is 1.52. The molecule has 0 radical (unpaired) electrons. The van der Waals surface area contributed by atoms with Gasteiger partial charge in [0, 0.05) is 6.04 Å². The Bertz CT molecular complexity index is 84.6. The van der Waals surface area contributed by atoms with E-state index in [1.54, 1.807) is 0 Å². The molecule has 1 rings (SSSR count). The molecule has 2 atom stereocenters. The van der Waals surface area contributed by atoms with E-state index in [0.717, 1.165) is 5.92 Å². The highest BCUT2D eigenvalue weighted by atomic mass is 14.9. The molecule has 1 heteroatoms. The minimum Gasteiger partial charge on any atom is -0.388 e. The molecule has 8 heavy (non-hydrogen) atoms. The number of nitrogens with one attached hydrogen (secondary N) is 1. The molecule has 0 fully saturated rings. The van der Waals surface area contributed by atoms with Gasteiger partial charge in [0.15, 0.2) is 0 Å². The zero-order valence-electron chi connectivity index (χ0n) is 5.52. The zero-order valence-corrected chi connectivity index (χ0v) is 5.52. The van der Waals surface area contributed by atoms with Crippen molar-refractivity contribution in [1.29, 1.82) is 0 Å². The average molecular weight is 111 g/mol. The molecule has 0 amide bonds. The third-order valence-electron chi connectivity index (χ3n) is 1.84. The minimum absolute atomic E-state index is 0.667. The Morgan fingerprint density at radius 3 is 2.62 bits per heavy atom. The maximum atomic E-state index is 3.25. The SMILES string of the molecule is CC1CC=CNC1C. The van der Waals surface area contributed by atoms with E-state index in [4.69, 9.17) is 0 Å². The van der Waals surface area contributed by atoms with Gasteiger partial charge in [-0.05, 0) is 25.5 Å². The van der Waals surface area contributed by atoms with Gasteiger partial charge in [0.2, 0.25) is 0 Å². The quantitative estimate of drug-likeness (QED) is 0.499. The van der Waals surface area contributed by atoms with Gasteiger partial charge in [-0.3, -0.25) is 0 Å². The summed E-state index contributed by atoms with van der Waals surface area (Å²) in [5.41, 5.74) is 0. The topological polar surface area (TPSA) is 12.0 Å². The van der Waals surface area contributed by atoms with Crippen molar-refractivity contribution in [3.63, 3.8) is 0 Å². The summed E-state index contributed by atoms with van der Waals surface area (Å²) >= 11 is 0. The molecule has 0 aromatic heterocycles. The van der Waals surface area contributed by atoms with Gasteiger partial charge in [-0.2, -0.15) is 0 Å². The van der Waals surface area contributed by atoms with Crippen LogP contribution in [0.4, 0.5) is 0 Å². The second-order valence-electron chi connectivity index (χ2n) is 2.57. The predicted molar refractivity (Wildman–Crippen MR) is 35.5 cm³/mol. The lowest BCUT2D eigenvalue weighted by molar-refractivity contribution is 0.423. The van der Waals surface area contributed by atoms with Crippen molar-refractivity contribution < 1.29 is 0 Å². The summed E-state index contributed by atoms with van der Waals surface area (Å²) in [4.78, 5) is 0. The molecule has 0 saturated heterocycles. The molecular formula is C7H13N. The average Bonchev–Trinajstić information content (AvgIpc) is 1.77. The van der Waals surface area contributed by atoms with Crippen molar-refractivity contribution in [1.82, 2.24) is 5.32 Å². The van der Waals surface area contributed by atoms with Gasteiger partial charge in [0.1, 0.15) is 0 Å². The lowest BCUT2D eigenvalue weighted by Crippen LogP contribution is -2.30. The molecule has 0 saturated carbocycles. The summed E-state index contributed by atoms with van der Waals surface area (Å²) in [6.07, 6.45) is 5.46. The van der Waals surface area contributed by atoms with Crippen LogP contribution in [-0.2, 0) is 0 Å². The van der Waals surface area contributed by atoms with Gasteiger partial charge in [0.05, 0.1) is 0 Å². The van der Waals surface area contributed by atoms with Crippen LogP contribution in [0.2, 0.25) is 0 Å². The lowest BCUT2D eigenvalue weighted by Gasteiger charge is -2.22. The smallest absolute Gasteiger partial charge is 0.0255 e. The van der Waals surface area contributed by atoms with Crippen molar-refractivity contribution in [3.8, 4) is 0 Å². The van der Waals surface area contributed by atoms with E-state index in [0.29, 0.717) is 6.04 Å². The zero-order chi connectivity index (χ0) is 5.98. The van der Waals surface area contributed by atoms with Gasteiger partial charge < -0.3 is 5.32 Å². The van der Waals surface area contributed by atoms with Crippen LogP contribution in [0.1, 0.15) is 20.3 Å². The van der Waals surface area contributed by atoms with Crippen LogP contribution in [0.25, 0.3) is 0 Å². The third-order valence-corrected chi connectivity index (χ3v) is 1.84. The molecular weight excluding hydrogens is 98.1 g/mol. The summed E-state index contributed by atoms with van der Waals surface area (Å²) in [7, 11) is 0. The first-order chi connectivity index (χ1) is 3.80. The Kier molecular flexibility index (Phi) is 1.56. The Labute approximate surface area is 50.8 Å². The number of hydrogen-bond acceptors (Lipinski definition) is 1. The van der Waals surface area contributed by atoms with Crippen LogP contribution in [0, 0.1) is 5.92 Å². The lowest BCUT2D eigenvalue weighted by atomic mass is 9.98. The van der Waals surface area contributed by atoms with Gasteiger partial charge in [-0.1, -0.05) is 13.0 Å². The maximum absolute atomic E-state index is 3.25. The Morgan fingerprint density at radius 2 is 2.25 bits per heavy atom. The first-order valence-corrected chi connectivity index (χ1v) is 3.22. The summed E-state index contributed by atoms with van der Waals surface area (Å²) in [6.45, 7) is 4.48. The molecule has 0 aromatic carbocycles. The van der Waals surface area contributed by atoms with Crippen molar-refractivity contribution in [2.24, 2.45) is 5.92 Å². The fourth-order valence-corrected chi connectivity index (χ4v) is 0.871. The highest BCUT2D eigenvalue weighted by Crippen LogP contribution is 2.11. The Hall–Kier alpha value is -0.460. The minimum atomic E-state index is 0.667. The van der Waals surface area contributed by atoms with E-state index < -0.39 is 0 Å². The van der Waals surface area contributed by atoms with Crippen LogP contribution in [0.5, 0.6) is 0 Å². The fourth-order valence-electron chi connectivity index (χ4n) is 0.871. The van der Waals surface area contributed by atoms with E-state index in [-0.39, 0.29) is 0 Å². The van der Waals surface area contributed by atoms with Crippen molar-refractivity contribution in [3.05, 3.63) is 12.3 Å². The molecule has 1 aliphatic rings. The van der Waals surface area contributed by atoms with Crippen LogP contribution in [0.3, 0.4) is 0 Å². The van der Waals surface area contributed by atoms with Crippen LogP contribution in [-0.4, -0.2) is 6.04 Å². The standard InChI is InChI=1S/C7H13N/c1-6-4-3-5-8-7(6)2/h3,5-8H,4H2,1-2H3. The summed E-state index contributed by atoms with van der Waals surface area (Å²) in [6, 6.07) is 0.667. The first kappa shape index (κ1) is 5.67. The normalized spacial score (nSPS) is 36.8. The largest absolute Gasteiger partial charge is 0.388 e. The molecule has 0 bridgehead atoms. The molecule has 46 valence electrons. The van der Waals surface area contributed by atoms with Gasteiger partial charge in [0.25, 0.3) is 0 Å². The second kappa shape index (κ2) is 2.21. The number of rotatable bonds is 0. The van der Waals surface area contributed by atoms with Gasteiger partial charge in [-0.15, -0.1) is 0 Å². The van der Waals surface area contributed by atoms with Crippen LogP contribution < -0.4 is 5.32 Å². The van der Waals surface area contributed by atoms with Gasteiger partial charge in [-0.25, -0.2) is 0 Å². The van der Waals surface area contributed by atoms with Crippen molar-refractivity contribution in [2.45, 2.75) is 26.3 Å². The Morgan fingerprint density at radius 1 is 1.50 bits per heavy atom. The van der Waals surface area contributed by atoms with E-state index >= 15 is 0 Å². The molecule has 1 aliphatic heterocycles. The highest BCUT2D eigenvalue weighted by molar-refractivity contribution is 4.91. The molecule has 0 aliphatic carbocycles. The van der Waals surface area contributed by atoms with Crippen LogP contribution in [0.15, 0.2) is 12.3 Å². The van der Waals surface area contributed by atoms with Crippen molar-refractivity contribution >= 4 is 0 Å². The van der Waals surface area contributed by atoms with Crippen LogP contribution >= 0.6 is 0 Å². The summed E-state index contributed by atoms with van der Waals surface area (Å²) < 4.78 is 0. The molecule has 1 heterocycles. The third kappa shape index (κ3) is 1.03. The highest BCUT2D eigenvalue weighted by Gasteiger charge is 2.10. The number of hydrogen-bond donors (Lipinski definition) is 1. The second-order valence-corrected chi connectivity index (χ2v) is 2.57. The van der Waals surface area contributed by atoms with E-state index in [2.05, 4.69) is 25.2 Å². The molecule has 0 spiro atoms. The van der Waals surface area contributed by atoms with E-state index in [9.17, 15) is 0 Å². The van der Waals surface area contributed by atoms with Crippen molar-refractivity contribution in [2.75, 3.05) is 0 Å². The first-order valence-electron chi connectivity index (χ1n) is 3.22. The van der Waals surface area contributed by atoms with Gasteiger partial charge >= 0.3 is 0 Å². The molecule has 2 unspecified atom stereocenters. The maximum Gasteiger partial charge on any atom is 0.0255 e. The molecule has 0 aromatic rings. The Balaban J connectivity index is 2.44. The monoisotopic (exact) mass is 111 g/mol. The summed E-state index contributed by atoms with van der Waals surface area (Å²) in [5, 5.41) is 3.25. The molecule has 1 nitrogen and oxygen atoms in total. The fraction of sp³-hybridized carbons (Fsp3) is 0.714. The van der Waals surface area contributed by atoms with E-state index in [1.807, 2.05) is 6.20 Å². The van der Waals surface area contributed by atoms with E-state index in [1.165, 1.54) is 6.42 Å². The number of allylic oxidation sites excluding steroid dienone is 1. The molecule has 1 N–H and O–H groups in total. The summed E-state index contributed by atoms with van der Waals surface area (Å²) in [5.74, 6) is 0.806.